The van der Waals surface area contributed by atoms with Crippen LogP contribution in [0.1, 0.15) is 64.5 Å². The van der Waals surface area contributed by atoms with Crippen LogP contribution in [-0.4, -0.2) is 12.1 Å². The Morgan fingerprint density at radius 1 is 1.33 bits per heavy atom. The Morgan fingerprint density at radius 2 is 2.14 bits per heavy atom. The minimum atomic E-state index is -0.212. The van der Waals surface area contributed by atoms with E-state index < -0.39 is 0 Å². The van der Waals surface area contributed by atoms with Crippen molar-refractivity contribution in [3.8, 4) is 5.75 Å². The molecular formula is C18H26FNO. The molecule has 1 fully saturated rings. The molecule has 0 saturated heterocycles. The summed E-state index contributed by atoms with van der Waals surface area (Å²) in [6, 6.07) is 5.24. The van der Waals surface area contributed by atoms with E-state index in [0.29, 0.717) is 5.41 Å². The van der Waals surface area contributed by atoms with Gasteiger partial charge in [-0.05, 0) is 43.7 Å². The van der Waals surface area contributed by atoms with Gasteiger partial charge < -0.3 is 10.1 Å². The maximum atomic E-state index is 13.6. The lowest BCUT2D eigenvalue weighted by molar-refractivity contribution is -0.0419. The third-order valence-electron chi connectivity index (χ3n) is 4.99. The van der Waals surface area contributed by atoms with Crippen LogP contribution in [-0.2, 0) is 0 Å². The Bertz CT molecular complexity index is 528. The van der Waals surface area contributed by atoms with E-state index in [1.807, 2.05) is 6.07 Å². The number of hydrogen-bond donors (Lipinski definition) is 1. The summed E-state index contributed by atoms with van der Waals surface area (Å²) in [5, 5.41) is 3.56. The molecule has 1 saturated carbocycles. The van der Waals surface area contributed by atoms with Crippen LogP contribution in [0, 0.1) is 11.2 Å². The Morgan fingerprint density at radius 3 is 2.86 bits per heavy atom. The molecule has 1 aromatic rings. The van der Waals surface area contributed by atoms with Gasteiger partial charge in [0.05, 0.1) is 0 Å². The molecule has 0 aromatic heterocycles. The number of rotatable bonds is 2. The summed E-state index contributed by atoms with van der Waals surface area (Å²) in [7, 11) is 0. The summed E-state index contributed by atoms with van der Waals surface area (Å²) in [5.74, 6) is 0.529. The van der Waals surface area contributed by atoms with Gasteiger partial charge in [-0.25, -0.2) is 4.39 Å². The molecule has 1 aromatic carbocycles. The summed E-state index contributed by atoms with van der Waals surface area (Å²) in [6.45, 7) is 7.68. The third kappa shape index (κ3) is 2.94. The van der Waals surface area contributed by atoms with Crippen LogP contribution in [0.2, 0.25) is 0 Å². The summed E-state index contributed by atoms with van der Waals surface area (Å²) in [6.07, 6.45) is 5.56. The standard InChI is InChI=1S/C18H26FNO/c1-4-20-15-11-18(9-5-8-17(2,3)12-18)21-16-10-13(19)6-7-14(15)16/h6-7,10,15,20H,4-5,8-9,11-12H2,1-3H3. The second kappa shape index (κ2) is 5.28. The second-order valence-electron chi connectivity index (χ2n) is 7.48. The first-order chi connectivity index (χ1) is 9.93. The largest absolute Gasteiger partial charge is 0.487 e. The molecule has 1 heterocycles. The molecule has 0 amide bonds. The van der Waals surface area contributed by atoms with Crippen molar-refractivity contribution in [3.63, 3.8) is 0 Å². The van der Waals surface area contributed by atoms with Gasteiger partial charge in [0.25, 0.3) is 0 Å². The molecule has 1 aliphatic carbocycles. The molecular weight excluding hydrogens is 265 g/mol. The number of halogens is 1. The first-order valence-corrected chi connectivity index (χ1v) is 8.15. The monoisotopic (exact) mass is 291 g/mol. The summed E-state index contributed by atoms with van der Waals surface area (Å²) in [5.41, 5.74) is 1.28. The van der Waals surface area contributed by atoms with Crippen molar-refractivity contribution >= 4 is 0 Å². The third-order valence-corrected chi connectivity index (χ3v) is 4.99. The van der Waals surface area contributed by atoms with Crippen LogP contribution < -0.4 is 10.1 Å². The van der Waals surface area contributed by atoms with Crippen molar-refractivity contribution in [3.05, 3.63) is 29.6 Å². The van der Waals surface area contributed by atoms with Gasteiger partial charge in [-0.15, -0.1) is 0 Å². The first-order valence-electron chi connectivity index (χ1n) is 8.15. The number of ether oxygens (including phenoxy) is 1. The Kier molecular flexibility index (Phi) is 3.73. The van der Waals surface area contributed by atoms with Gasteiger partial charge in [0, 0.05) is 24.1 Å². The highest BCUT2D eigenvalue weighted by molar-refractivity contribution is 5.39. The number of fused-ring (bicyclic) bond motifs is 1. The summed E-state index contributed by atoms with van der Waals surface area (Å²) >= 11 is 0. The van der Waals surface area contributed by atoms with Gasteiger partial charge in [0.15, 0.2) is 0 Å². The van der Waals surface area contributed by atoms with Crippen LogP contribution in [0.5, 0.6) is 5.75 Å². The average molecular weight is 291 g/mol. The highest BCUT2D eigenvalue weighted by Gasteiger charge is 2.46. The summed E-state index contributed by atoms with van der Waals surface area (Å²) in [4.78, 5) is 0. The fraction of sp³-hybridized carbons (Fsp3) is 0.667. The van der Waals surface area contributed by atoms with Crippen molar-refractivity contribution < 1.29 is 9.13 Å². The molecule has 3 rings (SSSR count). The van der Waals surface area contributed by atoms with Crippen molar-refractivity contribution in [1.29, 1.82) is 0 Å². The quantitative estimate of drug-likeness (QED) is 0.860. The van der Waals surface area contributed by atoms with E-state index in [0.717, 1.165) is 37.1 Å². The van der Waals surface area contributed by atoms with E-state index >= 15 is 0 Å². The van der Waals surface area contributed by atoms with E-state index in [2.05, 4.69) is 26.1 Å². The van der Waals surface area contributed by atoms with Crippen LogP contribution in [0.3, 0.4) is 0 Å². The summed E-state index contributed by atoms with van der Waals surface area (Å²) < 4.78 is 20.0. The van der Waals surface area contributed by atoms with Crippen LogP contribution in [0.25, 0.3) is 0 Å². The molecule has 1 aliphatic heterocycles. The molecule has 0 radical (unpaired) electrons. The zero-order chi connectivity index (χ0) is 15.1. The lowest BCUT2D eigenvalue weighted by Gasteiger charge is -2.49. The van der Waals surface area contributed by atoms with Gasteiger partial charge >= 0.3 is 0 Å². The molecule has 1 N–H and O–H groups in total. The van der Waals surface area contributed by atoms with E-state index in [1.165, 1.54) is 18.9 Å². The van der Waals surface area contributed by atoms with Gasteiger partial charge in [0.1, 0.15) is 17.2 Å². The minimum absolute atomic E-state index is 0.130. The fourth-order valence-electron chi connectivity index (χ4n) is 4.27. The molecule has 2 aliphatic rings. The van der Waals surface area contributed by atoms with Crippen LogP contribution >= 0.6 is 0 Å². The van der Waals surface area contributed by atoms with Gasteiger partial charge in [-0.1, -0.05) is 26.8 Å². The molecule has 2 unspecified atom stereocenters. The average Bonchev–Trinajstić information content (AvgIpc) is 2.36. The van der Waals surface area contributed by atoms with Crippen molar-refractivity contribution in [2.75, 3.05) is 6.54 Å². The topological polar surface area (TPSA) is 21.3 Å². The molecule has 1 spiro atoms. The van der Waals surface area contributed by atoms with E-state index in [9.17, 15) is 4.39 Å². The molecule has 116 valence electrons. The molecule has 2 nitrogen and oxygen atoms in total. The smallest absolute Gasteiger partial charge is 0.127 e. The maximum absolute atomic E-state index is 13.6. The Labute approximate surface area is 127 Å². The molecule has 21 heavy (non-hydrogen) atoms. The first kappa shape index (κ1) is 14.8. The lowest BCUT2D eigenvalue weighted by Crippen LogP contribution is -2.49. The zero-order valence-electron chi connectivity index (χ0n) is 13.3. The van der Waals surface area contributed by atoms with Gasteiger partial charge in [-0.2, -0.15) is 0 Å². The molecule has 2 atom stereocenters. The maximum Gasteiger partial charge on any atom is 0.127 e. The van der Waals surface area contributed by atoms with Crippen LogP contribution in [0.15, 0.2) is 18.2 Å². The fourth-order valence-corrected chi connectivity index (χ4v) is 4.27. The SMILES string of the molecule is CCNC1CC2(CCCC(C)(C)C2)Oc2cc(F)ccc21. The predicted octanol–water partition coefficient (Wildman–Crippen LogP) is 4.60. The van der Waals surface area contributed by atoms with Crippen molar-refractivity contribution in [1.82, 2.24) is 5.32 Å². The predicted molar refractivity (Wildman–Crippen MR) is 83.0 cm³/mol. The van der Waals surface area contributed by atoms with E-state index in [4.69, 9.17) is 4.74 Å². The van der Waals surface area contributed by atoms with E-state index in [-0.39, 0.29) is 17.5 Å². The van der Waals surface area contributed by atoms with Gasteiger partial charge in [0.2, 0.25) is 0 Å². The minimum Gasteiger partial charge on any atom is -0.487 e. The number of benzene rings is 1. The lowest BCUT2D eigenvalue weighted by atomic mass is 9.66. The van der Waals surface area contributed by atoms with Crippen LogP contribution in [0.4, 0.5) is 4.39 Å². The highest BCUT2D eigenvalue weighted by atomic mass is 19.1. The van der Waals surface area contributed by atoms with Crippen molar-refractivity contribution in [2.45, 2.75) is 64.5 Å². The number of hydrogen-bond acceptors (Lipinski definition) is 2. The van der Waals surface area contributed by atoms with E-state index in [1.54, 1.807) is 6.07 Å². The normalized spacial score (nSPS) is 30.8. The van der Waals surface area contributed by atoms with Gasteiger partial charge in [-0.3, -0.25) is 0 Å². The molecule has 3 heteroatoms. The molecule has 0 bridgehead atoms. The zero-order valence-corrected chi connectivity index (χ0v) is 13.3. The van der Waals surface area contributed by atoms with Crippen molar-refractivity contribution in [2.24, 2.45) is 5.41 Å². The highest BCUT2D eigenvalue weighted by Crippen LogP contribution is 2.50. The number of nitrogens with one attached hydrogen (secondary N) is 1. The second-order valence-corrected chi connectivity index (χ2v) is 7.48. The Balaban J connectivity index is 1.96. The Hall–Kier alpha value is -1.09.